The molecule has 0 aliphatic rings. The van der Waals surface area contributed by atoms with E-state index in [0.29, 0.717) is 5.00 Å². The molecule has 2 N–H and O–H groups in total. The van der Waals surface area contributed by atoms with Crippen LogP contribution in [-0.2, 0) is 4.79 Å². The summed E-state index contributed by atoms with van der Waals surface area (Å²) in [7, 11) is 0. The highest BCUT2D eigenvalue weighted by molar-refractivity contribution is 7.13. The Labute approximate surface area is 84.9 Å². The van der Waals surface area contributed by atoms with Crippen LogP contribution in [0.5, 0.6) is 0 Å². The lowest BCUT2D eigenvalue weighted by molar-refractivity contribution is -0.132. The van der Waals surface area contributed by atoms with Crippen molar-refractivity contribution < 1.29 is 15.0 Å². The van der Waals surface area contributed by atoms with E-state index in [1.807, 2.05) is 11.4 Å². The van der Waals surface area contributed by atoms with E-state index in [4.69, 9.17) is 10.2 Å². The molecule has 0 atom stereocenters. The number of thiophene rings is 1. The molecule has 1 aromatic rings. The summed E-state index contributed by atoms with van der Waals surface area (Å²) < 4.78 is 0. The van der Waals surface area contributed by atoms with Crippen LogP contribution in [0.25, 0.3) is 0 Å². The van der Waals surface area contributed by atoms with Crippen molar-refractivity contribution in [2.75, 3.05) is 0 Å². The Morgan fingerprint density at radius 1 is 1.57 bits per heavy atom. The van der Waals surface area contributed by atoms with Crippen LogP contribution in [0, 0.1) is 0 Å². The first-order valence-corrected chi connectivity index (χ1v) is 4.70. The van der Waals surface area contributed by atoms with Crippen LogP contribution in [0.2, 0.25) is 0 Å². The average Bonchev–Trinajstić information content (AvgIpc) is 2.55. The van der Waals surface area contributed by atoms with Crippen molar-refractivity contribution in [2.45, 2.75) is 6.92 Å². The lowest BCUT2D eigenvalue weighted by atomic mass is 10.2. The van der Waals surface area contributed by atoms with Crippen LogP contribution in [0.15, 0.2) is 33.8 Å². The van der Waals surface area contributed by atoms with Crippen molar-refractivity contribution in [3.05, 3.63) is 28.8 Å². The van der Waals surface area contributed by atoms with Crippen LogP contribution >= 0.6 is 11.3 Å². The molecule has 74 valence electrons. The lowest BCUT2D eigenvalue weighted by Crippen LogP contribution is -2.04. The molecule has 0 saturated carbocycles. The number of nitrogens with zero attached hydrogens (tertiary/aromatic N) is 1. The fourth-order valence-corrected chi connectivity index (χ4v) is 1.34. The quantitative estimate of drug-likeness (QED) is 0.458. The van der Waals surface area contributed by atoms with Gasteiger partial charge in [0.05, 0.1) is 0 Å². The fraction of sp³-hybridized carbons (Fsp3) is 0.111. The number of aliphatic carboxylic acids is 1. The Morgan fingerprint density at radius 3 is 2.71 bits per heavy atom. The summed E-state index contributed by atoms with van der Waals surface area (Å²) in [6, 6.07) is 3.57. The predicted molar refractivity (Wildman–Crippen MR) is 55.4 cm³/mol. The molecule has 14 heavy (non-hydrogen) atoms. The molecule has 0 aliphatic heterocycles. The Hall–Kier alpha value is -1.62. The molecule has 0 saturated heterocycles. The molecule has 5 heteroatoms. The van der Waals surface area contributed by atoms with E-state index >= 15 is 0 Å². The highest BCUT2D eigenvalue weighted by Crippen LogP contribution is 2.18. The second-order valence-corrected chi connectivity index (χ2v) is 3.44. The molecule has 0 aromatic carbocycles. The zero-order valence-corrected chi connectivity index (χ0v) is 8.28. The molecule has 0 radical (unpaired) electrons. The highest BCUT2D eigenvalue weighted by atomic mass is 32.1. The molecular formula is C9H9NO3S. The Morgan fingerprint density at radius 2 is 2.29 bits per heavy atom. The first kappa shape index (κ1) is 10.5. The molecule has 0 bridgehead atoms. The third kappa shape index (κ3) is 2.70. The molecule has 0 fully saturated rings. The van der Waals surface area contributed by atoms with E-state index in [2.05, 4.69) is 4.99 Å². The highest BCUT2D eigenvalue weighted by Gasteiger charge is 2.07. The average molecular weight is 211 g/mol. The van der Waals surface area contributed by atoms with Crippen LogP contribution in [0.1, 0.15) is 6.92 Å². The molecule has 0 aliphatic carbocycles. The lowest BCUT2D eigenvalue weighted by Gasteiger charge is -1.94. The van der Waals surface area contributed by atoms with Gasteiger partial charge in [0.2, 0.25) is 0 Å². The summed E-state index contributed by atoms with van der Waals surface area (Å²) in [6.45, 7) is 1.31. The van der Waals surface area contributed by atoms with Gasteiger partial charge >= 0.3 is 5.97 Å². The molecule has 1 aromatic heterocycles. The standard InChI is InChI=1S/C9H9NO3S/c1-6(11)7(9(12)13)5-10-8-3-2-4-14-8/h2-5,11H,1H3,(H,12,13). The SMILES string of the molecule is CC(O)=C(C=Nc1cccs1)C(=O)O. The number of carboxylic acids is 1. The van der Waals surface area contributed by atoms with E-state index in [1.54, 1.807) is 6.07 Å². The maximum atomic E-state index is 10.6. The molecule has 0 unspecified atom stereocenters. The molecule has 4 nitrogen and oxygen atoms in total. The van der Waals surface area contributed by atoms with Crippen molar-refractivity contribution in [3.63, 3.8) is 0 Å². The first-order valence-electron chi connectivity index (χ1n) is 3.82. The predicted octanol–water partition coefficient (Wildman–Crippen LogP) is 2.37. The molecule has 1 heterocycles. The van der Waals surface area contributed by atoms with Crippen LogP contribution in [-0.4, -0.2) is 22.4 Å². The van der Waals surface area contributed by atoms with Gasteiger partial charge in [-0.05, 0) is 24.4 Å². The number of hydrogen-bond donors (Lipinski definition) is 2. The largest absolute Gasteiger partial charge is 0.512 e. The second-order valence-electron chi connectivity index (χ2n) is 2.51. The van der Waals surface area contributed by atoms with E-state index < -0.39 is 5.97 Å². The van der Waals surface area contributed by atoms with Gasteiger partial charge in [-0.1, -0.05) is 0 Å². The Balaban J connectivity index is 2.86. The van der Waals surface area contributed by atoms with Gasteiger partial charge in [-0.15, -0.1) is 11.3 Å². The number of allylic oxidation sites excluding steroid dienone is 1. The summed E-state index contributed by atoms with van der Waals surface area (Å²) in [6.07, 6.45) is 1.14. The number of hydrogen-bond acceptors (Lipinski definition) is 4. The minimum atomic E-state index is -1.19. The zero-order valence-electron chi connectivity index (χ0n) is 7.47. The van der Waals surface area contributed by atoms with Gasteiger partial charge in [0.25, 0.3) is 0 Å². The van der Waals surface area contributed by atoms with Crippen molar-refractivity contribution in [1.29, 1.82) is 0 Å². The third-order valence-electron chi connectivity index (χ3n) is 1.45. The first-order chi connectivity index (χ1) is 6.61. The number of aliphatic hydroxyl groups excluding tert-OH is 1. The Bertz CT molecular complexity index is 375. The van der Waals surface area contributed by atoms with Gasteiger partial charge in [0.1, 0.15) is 16.3 Å². The maximum Gasteiger partial charge on any atom is 0.340 e. The van der Waals surface area contributed by atoms with Gasteiger partial charge in [0, 0.05) is 6.21 Å². The van der Waals surface area contributed by atoms with Gasteiger partial charge < -0.3 is 10.2 Å². The van der Waals surface area contributed by atoms with Crippen molar-refractivity contribution in [2.24, 2.45) is 4.99 Å². The number of rotatable bonds is 3. The normalized spacial score (nSPS) is 12.9. The number of carbonyl (C=O) groups is 1. The van der Waals surface area contributed by atoms with Gasteiger partial charge in [-0.2, -0.15) is 0 Å². The monoisotopic (exact) mass is 211 g/mol. The van der Waals surface area contributed by atoms with Crippen LogP contribution in [0.4, 0.5) is 5.00 Å². The van der Waals surface area contributed by atoms with Crippen LogP contribution in [0.3, 0.4) is 0 Å². The minimum absolute atomic E-state index is 0.196. The van der Waals surface area contributed by atoms with E-state index in [9.17, 15) is 4.79 Å². The second kappa shape index (κ2) is 4.57. The van der Waals surface area contributed by atoms with Gasteiger partial charge in [-0.3, -0.25) is 0 Å². The minimum Gasteiger partial charge on any atom is -0.512 e. The topological polar surface area (TPSA) is 69.9 Å². The molecule has 1 rings (SSSR count). The summed E-state index contributed by atoms with van der Waals surface area (Å²) in [5.74, 6) is -1.44. The zero-order chi connectivity index (χ0) is 10.6. The molecule has 0 amide bonds. The number of aliphatic hydroxyl groups is 1. The van der Waals surface area contributed by atoms with Crippen molar-refractivity contribution in [1.82, 2.24) is 0 Å². The maximum absolute atomic E-state index is 10.6. The fourth-order valence-electron chi connectivity index (χ4n) is 0.775. The molecule has 0 spiro atoms. The summed E-state index contributed by atoms with van der Waals surface area (Å²) in [5.41, 5.74) is -0.196. The van der Waals surface area contributed by atoms with E-state index in [1.165, 1.54) is 18.3 Å². The number of carboxylic acid groups (broad SMARTS) is 1. The van der Waals surface area contributed by atoms with Crippen molar-refractivity contribution >= 4 is 28.5 Å². The van der Waals surface area contributed by atoms with Crippen LogP contribution < -0.4 is 0 Å². The van der Waals surface area contributed by atoms with Gasteiger partial charge in [0.15, 0.2) is 0 Å². The van der Waals surface area contributed by atoms with Gasteiger partial charge in [-0.25, -0.2) is 9.79 Å². The smallest absolute Gasteiger partial charge is 0.340 e. The third-order valence-corrected chi connectivity index (χ3v) is 2.22. The summed E-state index contributed by atoms with van der Waals surface area (Å²) >= 11 is 1.39. The molecular weight excluding hydrogens is 202 g/mol. The summed E-state index contributed by atoms with van der Waals surface area (Å²) in [5, 5.41) is 20.2. The number of aliphatic imine (C=N–C) groups is 1. The van der Waals surface area contributed by atoms with E-state index in [0.717, 1.165) is 6.21 Å². The van der Waals surface area contributed by atoms with E-state index in [-0.39, 0.29) is 11.3 Å². The Kier molecular flexibility index (Phi) is 3.41. The summed E-state index contributed by atoms with van der Waals surface area (Å²) in [4.78, 5) is 14.5. The van der Waals surface area contributed by atoms with Crippen molar-refractivity contribution in [3.8, 4) is 0 Å².